The van der Waals surface area contributed by atoms with Crippen molar-refractivity contribution >= 4 is 18.3 Å². The second-order valence-electron chi connectivity index (χ2n) is 6.33. The average Bonchev–Trinajstić information content (AvgIpc) is 3.13. The van der Waals surface area contributed by atoms with Crippen LogP contribution in [0.15, 0.2) is 24.3 Å². The molecule has 0 radical (unpaired) electrons. The third kappa shape index (κ3) is 3.23. The molecule has 2 aliphatic carbocycles. The van der Waals surface area contributed by atoms with Gasteiger partial charge in [0.05, 0.1) is 12.6 Å². The first kappa shape index (κ1) is 17.1. The molecule has 22 heavy (non-hydrogen) atoms. The highest BCUT2D eigenvalue weighted by atomic mass is 35.5. The Balaban J connectivity index is 0.00000176. The summed E-state index contributed by atoms with van der Waals surface area (Å²) in [6.07, 6.45) is 5.22. The Labute approximate surface area is 138 Å². The van der Waals surface area contributed by atoms with Crippen molar-refractivity contribution in [3.8, 4) is 5.75 Å². The monoisotopic (exact) mass is 324 g/mol. The molecule has 0 unspecified atom stereocenters. The van der Waals surface area contributed by atoms with Crippen LogP contribution in [-0.4, -0.2) is 19.6 Å². The topological polar surface area (TPSA) is 64.3 Å². The fourth-order valence-electron chi connectivity index (χ4n) is 3.51. The number of amides is 1. The maximum atomic E-state index is 12.6. The molecule has 5 heteroatoms. The molecule has 2 saturated carbocycles. The lowest BCUT2D eigenvalue weighted by Crippen LogP contribution is -2.41. The lowest BCUT2D eigenvalue weighted by atomic mass is 9.94. The molecule has 0 bridgehead atoms. The van der Waals surface area contributed by atoms with Gasteiger partial charge in [-0.3, -0.25) is 4.79 Å². The molecule has 0 spiro atoms. The Kier molecular flexibility index (Phi) is 5.35. The third-order valence-electron chi connectivity index (χ3n) is 5.05. The van der Waals surface area contributed by atoms with Gasteiger partial charge in [0.25, 0.3) is 0 Å². The highest BCUT2D eigenvalue weighted by molar-refractivity contribution is 5.85. The largest absolute Gasteiger partial charge is 0.497 e. The van der Waals surface area contributed by atoms with Crippen molar-refractivity contribution in [3.05, 3.63) is 29.8 Å². The number of hydrogen-bond acceptors (Lipinski definition) is 3. The lowest BCUT2D eigenvalue weighted by molar-refractivity contribution is -0.127. The molecular formula is C17H25ClN2O2. The van der Waals surface area contributed by atoms with Gasteiger partial charge in [-0.25, -0.2) is 0 Å². The summed E-state index contributed by atoms with van der Waals surface area (Å²) in [7, 11) is 1.66. The van der Waals surface area contributed by atoms with Gasteiger partial charge in [0, 0.05) is 5.92 Å². The smallest absolute Gasteiger partial charge is 0.224 e. The van der Waals surface area contributed by atoms with Crippen LogP contribution in [0.4, 0.5) is 0 Å². The first-order valence-electron chi connectivity index (χ1n) is 7.85. The molecule has 0 aromatic heterocycles. The Morgan fingerprint density at radius 2 is 2.00 bits per heavy atom. The number of hydrogen-bond donors (Lipinski definition) is 2. The molecule has 122 valence electrons. The number of halogens is 1. The van der Waals surface area contributed by atoms with E-state index >= 15 is 0 Å². The molecule has 0 aliphatic heterocycles. The van der Waals surface area contributed by atoms with E-state index in [4.69, 9.17) is 10.5 Å². The van der Waals surface area contributed by atoms with Crippen molar-refractivity contribution in [2.45, 2.75) is 37.6 Å². The van der Waals surface area contributed by atoms with Crippen LogP contribution in [0, 0.1) is 11.8 Å². The van der Waals surface area contributed by atoms with Crippen LogP contribution in [0.2, 0.25) is 0 Å². The van der Waals surface area contributed by atoms with Crippen LogP contribution in [0.3, 0.4) is 0 Å². The zero-order valence-electron chi connectivity index (χ0n) is 13.0. The van der Waals surface area contributed by atoms with Crippen molar-refractivity contribution in [2.75, 3.05) is 13.7 Å². The van der Waals surface area contributed by atoms with Gasteiger partial charge in [-0.15, -0.1) is 12.4 Å². The minimum absolute atomic E-state index is 0. The average molecular weight is 325 g/mol. The van der Waals surface area contributed by atoms with Gasteiger partial charge < -0.3 is 15.8 Å². The van der Waals surface area contributed by atoms with Gasteiger partial charge in [0.15, 0.2) is 0 Å². The molecule has 2 fully saturated rings. The molecule has 3 N–H and O–H groups in total. The number of carbonyl (C=O) groups excluding carboxylic acids is 1. The first-order chi connectivity index (χ1) is 10.2. The highest BCUT2D eigenvalue weighted by Crippen LogP contribution is 2.46. The standard InChI is InChI=1S/C17H24N2O2.ClH/c1-21-14-7-5-13(6-8-14)17(9-10-17)19-16(20)15-4-2-3-12(15)11-18;/h5-8,12,15H,2-4,9-11,18H2,1H3,(H,19,20);1H/t12-,15-;/m1./s1. The Morgan fingerprint density at radius 3 is 2.55 bits per heavy atom. The molecule has 1 amide bonds. The van der Waals surface area contributed by atoms with E-state index in [1.165, 1.54) is 5.56 Å². The molecule has 2 atom stereocenters. The normalized spacial score (nSPS) is 25.2. The molecule has 1 aromatic carbocycles. The number of carbonyl (C=O) groups is 1. The van der Waals surface area contributed by atoms with Gasteiger partial charge >= 0.3 is 0 Å². The van der Waals surface area contributed by atoms with E-state index < -0.39 is 0 Å². The quantitative estimate of drug-likeness (QED) is 0.875. The zero-order valence-corrected chi connectivity index (χ0v) is 13.8. The minimum atomic E-state index is -0.148. The number of nitrogens with one attached hydrogen (secondary N) is 1. The van der Waals surface area contributed by atoms with E-state index in [-0.39, 0.29) is 29.8 Å². The van der Waals surface area contributed by atoms with Gasteiger partial charge in [0.2, 0.25) is 5.91 Å². The van der Waals surface area contributed by atoms with Crippen LogP contribution < -0.4 is 15.8 Å². The molecule has 3 rings (SSSR count). The van der Waals surface area contributed by atoms with Crippen molar-refractivity contribution in [2.24, 2.45) is 17.6 Å². The lowest BCUT2D eigenvalue weighted by Gasteiger charge is -2.23. The highest BCUT2D eigenvalue weighted by Gasteiger charge is 2.47. The summed E-state index contributed by atoms with van der Waals surface area (Å²) in [6.45, 7) is 0.619. The molecule has 0 saturated heterocycles. The second kappa shape index (κ2) is 6.88. The van der Waals surface area contributed by atoms with E-state index in [0.29, 0.717) is 12.5 Å². The maximum absolute atomic E-state index is 12.6. The van der Waals surface area contributed by atoms with Crippen LogP contribution in [0.25, 0.3) is 0 Å². The van der Waals surface area contributed by atoms with E-state index in [1.54, 1.807) is 7.11 Å². The maximum Gasteiger partial charge on any atom is 0.224 e. The van der Waals surface area contributed by atoms with Crippen LogP contribution in [0.1, 0.15) is 37.7 Å². The van der Waals surface area contributed by atoms with E-state index in [2.05, 4.69) is 17.4 Å². The van der Waals surface area contributed by atoms with E-state index in [1.807, 2.05) is 12.1 Å². The summed E-state index contributed by atoms with van der Waals surface area (Å²) in [5, 5.41) is 3.29. The van der Waals surface area contributed by atoms with Gasteiger partial charge in [-0.05, 0) is 55.8 Å². The predicted molar refractivity (Wildman–Crippen MR) is 89.2 cm³/mol. The van der Waals surface area contributed by atoms with Crippen LogP contribution >= 0.6 is 12.4 Å². The zero-order chi connectivity index (χ0) is 14.9. The summed E-state index contributed by atoms with van der Waals surface area (Å²) in [5.41, 5.74) is 6.82. The van der Waals surface area contributed by atoms with Crippen LogP contribution in [0.5, 0.6) is 5.75 Å². The molecule has 2 aliphatic rings. The van der Waals surface area contributed by atoms with Gasteiger partial charge in [0.1, 0.15) is 5.75 Å². The van der Waals surface area contributed by atoms with Crippen molar-refractivity contribution in [3.63, 3.8) is 0 Å². The molecule has 1 aromatic rings. The summed E-state index contributed by atoms with van der Waals surface area (Å²) in [6, 6.07) is 8.03. The van der Waals surface area contributed by atoms with Crippen LogP contribution in [-0.2, 0) is 10.3 Å². The summed E-state index contributed by atoms with van der Waals surface area (Å²) in [4.78, 5) is 12.6. The van der Waals surface area contributed by atoms with Crippen molar-refractivity contribution < 1.29 is 9.53 Å². The number of methoxy groups -OCH3 is 1. The molecule has 4 nitrogen and oxygen atoms in total. The predicted octanol–water partition coefficient (Wildman–Crippen LogP) is 2.60. The summed E-state index contributed by atoms with van der Waals surface area (Å²) < 4.78 is 5.19. The number of ether oxygens (including phenoxy) is 1. The Bertz CT molecular complexity index is 514. The second-order valence-corrected chi connectivity index (χ2v) is 6.33. The Hall–Kier alpha value is -1.26. The molecule has 0 heterocycles. The SMILES string of the molecule is COc1ccc(C2(NC(=O)[C@@H]3CCC[C@@H]3CN)CC2)cc1.Cl. The number of nitrogens with two attached hydrogens (primary N) is 1. The summed E-state index contributed by atoms with van der Waals surface area (Å²) >= 11 is 0. The number of benzene rings is 1. The minimum Gasteiger partial charge on any atom is -0.497 e. The van der Waals surface area contributed by atoms with Gasteiger partial charge in [-0.1, -0.05) is 18.6 Å². The fraction of sp³-hybridized carbons (Fsp3) is 0.588. The fourth-order valence-corrected chi connectivity index (χ4v) is 3.51. The molecular weight excluding hydrogens is 300 g/mol. The first-order valence-corrected chi connectivity index (χ1v) is 7.85. The van der Waals surface area contributed by atoms with E-state index in [9.17, 15) is 4.79 Å². The van der Waals surface area contributed by atoms with Crippen molar-refractivity contribution in [1.29, 1.82) is 0 Å². The van der Waals surface area contributed by atoms with Crippen molar-refractivity contribution in [1.82, 2.24) is 5.32 Å². The van der Waals surface area contributed by atoms with Gasteiger partial charge in [-0.2, -0.15) is 0 Å². The Morgan fingerprint density at radius 1 is 1.32 bits per heavy atom. The summed E-state index contributed by atoms with van der Waals surface area (Å²) in [5.74, 6) is 1.50. The third-order valence-corrected chi connectivity index (χ3v) is 5.05. The van der Waals surface area contributed by atoms with E-state index in [0.717, 1.165) is 37.9 Å². The number of rotatable bonds is 5.